The Labute approximate surface area is 94.6 Å². The molecule has 0 heterocycles. The lowest BCUT2D eigenvalue weighted by Crippen LogP contribution is -1.98. The maximum Gasteiger partial charge on any atom is 0.236 e. The van der Waals surface area contributed by atoms with Gasteiger partial charge in [0.15, 0.2) is 0 Å². The highest BCUT2D eigenvalue weighted by atomic mass is 79.9. The summed E-state index contributed by atoms with van der Waals surface area (Å²) in [6.45, 7) is 1.60. The van der Waals surface area contributed by atoms with E-state index in [1.54, 1.807) is 6.92 Å². The molecule has 14 heavy (non-hydrogen) atoms. The van der Waals surface area contributed by atoms with Crippen LogP contribution in [0.25, 0.3) is 0 Å². The van der Waals surface area contributed by atoms with E-state index in [1.165, 1.54) is 12.1 Å². The van der Waals surface area contributed by atoms with Crippen LogP contribution in [0.2, 0.25) is 0 Å². The van der Waals surface area contributed by atoms with Gasteiger partial charge in [0.25, 0.3) is 0 Å². The molecule has 0 aromatic heterocycles. The van der Waals surface area contributed by atoms with Gasteiger partial charge in [0.05, 0.1) is 10.2 Å². The summed E-state index contributed by atoms with van der Waals surface area (Å²) in [5, 5.41) is 0. The Hall–Kier alpha value is -0.130. The molecule has 1 aromatic carbocycles. The van der Waals surface area contributed by atoms with Crippen molar-refractivity contribution in [2.45, 2.75) is 12.7 Å². The Morgan fingerprint density at radius 1 is 1.50 bits per heavy atom. The molecule has 0 saturated carbocycles. The monoisotopic (exact) mass is 300 g/mol. The summed E-state index contributed by atoms with van der Waals surface area (Å²) in [6.07, 6.45) is 0. The third-order valence-electron chi connectivity index (χ3n) is 1.68. The first-order chi connectivity index (χ1) is 6.31. The van der Waals surface area contributed by atoms with Gasteiger partial charge in [-0.05, 0) is 34.0 Å². The Kier molecular flexibility index (Phi) is 3.55. The van der Waals surface area contributed by atoms with Crippen LogP contribution in [-0.4, -0.2) is 8.42 Å². The normalized spacial score (nSPS) is 11.7. The fourth-order valence-corrected chi connectivity index (χ4v) is 2.72. The van der Waals surface area contributed by atoms with Crippen LogP contribution in [0.4, 0.5) is 4.39 Å². The highest BCUT2D eigenvalue weighted by Gasteiger charge is 2.14. The van der Waals surface area contributed by atoms with Gasteiger partial charge in [-0.3, -0.25) is 0 Å². The van der Waals surface area contributed by atoms with Crippen LogP contribution >= 0.6 is 26.6 Å². The van der Waals surface area contributed by atoms with Crippen LogP contribution in [0.3, 0.4) is 0 Å². The van der Waals surface area contributed by atoms with Crippen LogP contribution < -0.4 is 0 Å². The minimum absolute atomic E-state index is 0.154. The number of benzene rings is 1. The van der Waals surface area contributed by atoms with Crippen molar-refractivity contribution in [3.8, 4) is 0 Å². The van der Waals surface area contributed by atoms with Crippen molar-refractivity contribution in [2.75, 3.05) is 0 Å². The van der Waals surface area contributed by atoms with E-state index < -0.39 is 14.9 Å². The quantitative estimate of drug-likeness (QED) is 0.787. The zero-order valence-corrected chi connectivity index (χ0v) is 10.4. The van der Waals surface area contributed by atoms with E-state index in [0.29, 0.717) is 11.1 Å². The molecule has 0 radical (unpaired) electrons. The van der Waals surface area contributed by atoms with Crippen LogP contribution in [0, 0.1) is 12.7 Å². The van der Waals surface area contributed by atoms with Crippen molar-refractivity contribution >= 4 is 35.7 Å². The van der Waals surface area contributed by atoms with Gasteiger partial charge in [-0.2, -0.15) is 0 Å². The molecule has 0 bridgehead atoms. The number of halogens is 3. The molecule has 78 valence electrons. The second-order valence-electron chi connectivity index (χ2n) is 2.85. The second kappa shape index (κ2) is 4.16. The van der Waals surface area contributed by atoms with E-state index in [4.69, 9.17) is 10.7 Å². The van der Waals surface area contributed by atoms with E-state index in [9.17, 15) is 12.8 Å². The van der Waals surface area contributed by atoms with Crippen LogP contribution in [0.1, 0.15) is 11.1 Å². The fourth-order valence-electron chi connectivity index (χ4n) is 0.983. The van der Waals surface area contributed by atoms with Gasteiger partial charge < -0.3 is 0 Å². The van der Waals surface area contributed by atoms with Crippen molar-refractivity contribution in [3.05, 3.63) is 33.5 Å². The molecule has 0 aliphatic carbocycles. The maximum atomic E-state index is 13.3. The van der Waals surface area contributed by atoms with E-state index in [1.807, 2.05) is 0 Å². The first-order valence-electron chi connectivity index (χ1n) is 3.67. The first-order valence-corrected chi connectivity index (χ1v) is 6.94. The smallest absolute Gasteiger partial charge is 0.212 e. The van der Waals surface area contributed by atoms with Crippen molar-refractivity contribution in [2.24, 2.45) is 0 Å². The lowest BCUT2D eigenvalue weighted by molar-refractivity contribution is 0.604. The molecule has 0 saturated heterocycles. The van der Waals surface area contributed by atoms with E-state index in [2.05, 4.69) is 15.9 Å². The summed E-state index contributed by atoms with van der Waals surface area (Å²) in [5.74, 6) is -0.838. The molecular weight excluding hydrogens is 295 g/mol. The van der Waals surface area contributed by atoms with Crippen molar-refractivity contribution < 1.29 is 12.8 Å². The third-order valence-corrected chi connectivity index (χ3v) is 3.52. The maximum absolute atomic E-state index is 13.3. The molecule has 1 rings (SSSR count). The molecule has 2 nitrogen and oxygen atoms in total. The number of hydrogen-bond donors (Lipinski definition) is 0. The van der Waals surface area contributed by atoms with E-state index in [-0.39, 0.29) is 10.2 Å². The zero-order valence-electron chi connectivity index (χ0n) is 7.22. The summed E-state index contributed by atoms with van der Waals surface area (Å²) in [7, 11) is 1.41. The molecular formula is C8H7BrClFO2S. The summed E-state index contributed by atoms with van der Waals surface area (Å²) in [6, 6.07) is 3.04. The first kappa shape index (κ1) is 11.9. The van der Waals surface area contributed by atoms with Gasteiger partial charge in [-0.1, -0.05) is 12.1 Å². The molecule has 0 amide bonds. The number of rotatable bonds is 2. The summed E-state index contributed by atoms with van der Waals surface area (Å²) < 4.78 is 35.0. The molecule has 0 unspecified atom stereocenters. The minimum Gasteiger partial charge on any atom is -0.212 e. The Morgan fingerprint density at radius 3 is 2.57 bits per heavy atom. The van der Waals surface area contributed by atoms with E-state index in [0.717, 1.165) is 0 Å². The molecule has 0 aliphatic heterocycles. The van der Waals surface area contributed by atoms with Gasteiger partial charge >= 0.3 is 0 Å². The predicted octanol–water partition coefficient (Wildman–Crippen LogP) is 2.97. The van der Waals surface area contributed by atoms with Gasteiger partial charge in [-0.15, -0.1) is 0 Å². The Bertz CT molecular complexity index is 459. The molecule has 0 atom stereocenters. The molecule has 0 N–H and O–H groups in total. The van der Waals surface area contributed by atoms with Crippen LogP contribution in [0.15, 0.2) is 16.6 Å². The largest absolute Gasteiger partial charge is 0.236 e. The summed E-state index contributed by atoms with van der Waals surface area (Å²) in [5.41, 5.74) is 0.774. The number of hydrogen-bond acceptors (Lipinski definition) is 2. The molecule has 1 aromatic rings. The van der Waals surface area contributed by atoms with Gasteiger partial charge in [0.1, 0.15) is 5.82 Å². The third kappa shape index (κ3) is 2.93. The zero-order chi connectivity index (χ0) is 10.9. The molecule has 0 aliphatic rings. The average molecular weight is 302 g/mol. The highest BCUT2D eigenvalue weighted by molar-refractivity contribution is 9.10. The highest BCUT2D eigenvalue weighted by Crippen LogP contribution is 2.25. The van der Waals surface area contributed by atoms with Gasteiger partial charge in [0.2, 0.25) is 9.05 Å². The summed E-state index contributed by atoms with van der Waals surface area (Å²) >= 11 is 2.99. The lowest BCUT2D eigenvalue weighted by Gasteiger charge is -2.05. The van der Waals surface area contributed by atoms with Crippen LogP contribution in [0.5, 0.6) is 0 Å². The van der Waals surface area contributed by atoms with Gasteiger partial charge in [-0.25, -0.2) is 12.8 Å². The van der Waals surface area contributed by atoms with Crippen molar-refractivity contribution in [1.82, 2.24) is 0 Å². The van der Waals surface area contributed by atoms with E-state index >= 15 is 0 Å². The van der Waals surface area contributed by atoms with Crippen molar-refractivity contribution in [1.29, 1.82) is 0 Å². The average Bonchev–Trinajstić information content (AvgIpc) is 2.04. The van der Waals surface area contributed by atoms with Gasteiger partial charge in [0, 0.05) is 10.7 Å². The fraction of sp³-hybridized carbons (Fsp3) is 0.250. The standard InChI is InChI=1S/C8H7BrClFO2S/c1-5-2-3-6(4-14(10,12)13)7(9)8(5)11/h2-3H,4H2,1H3. The number of aryl methyl sites for hydroxylation is 1. The lowest BCUT2D eigenvalue weighted by atomic mass is 10.2. The Balaban J connectivity index is 3.19. The topological polar surface area (TPSA) is 34.1 Å². The molecule has 6 heteroatoms. The SMILES string of the molecule is Cc1ccc(CS(=O)(=O)Cl)c(Br)c1F. The Morgan fingerprint density at radius 2 is 2.07 bits per heavy atom. The molecule has 0 fully saturated rings. The summed E-state index contributed by atoms with van der Waals surface area (Å²) in [4.78, 5) is 0. The van der Waals surface area contributed by atoms with Crippen molar-refractivity contribution in [3.63, 3.8) is 0 Å². The molecule has 0 spiro atoms. The minimum atomic E-state index is -3.65. The predicted molar refractivity (Wildman–Crippen MR) is 57.3 cm³/mol. The second-order valence-corrected chi connectivity index (χ2v) is 6.42. The van der Waals surface area contributed by atoms with Crippen LogP contribution in [-0.2, 0) is 14.8 Å².